The fourth-order valence-electron chi connectivity index (χ4n) is 4.40. The van der Waals surface area contributed by atoms with E-state index in [0.29, 0.717) is 24.1 Å². The molecule has 5 nitrogen and oxygen atoms in total. The van der Waals surface area contributed by atoms with Gasteiger partial charge in [-0.25, -0.2) is 4.98 Å². The molecule has 1 saturated carbocycles. The Balaban J connectivity index is 1.35. The number of nitrogens with one attached hydrogen (secondary N) is 1. The third-order valence-electron chi connectivity index (χ3n) is 5.81. The Hall–Kier alpha value is -2.47. The summed E-state index contributed by atoms with van der Waals surface area (Å²) in [7, 11) is 0. The minimum atomic E-state index is -0.276. The Morgan fingerprint density at radius 3 is 2.81 bits per heavy atom. The lowest BCUT2D eigenvalue weighted by molar-refractivity contribution is -0.129. The van der Waals surface area contributed by atoms with Crippen molar-refractivity contribution in [3.8, 4) is 0 Å². The van der Waals surface area contributed by atoms with E-state index in [2.05, 4.69) is 28.5 Å². The van der Waals surface area contributed by atoms with E-state index in [1.807, 2.05) is 23.1 Å². The number of aromatic nitrogens is 1. The van der Waals surface area contributed by atoms with E-state index in [9.17, 15) is 9.59 Å². The molecule has 1 aliphatic carbocycles. The molecule has 1 saturated heterocycles. The molecule has 138 valence electrons. The largest absolute Gasteiger partial charge is 0.339 e. The van der Waals surface area contributed by atoms with Crippen molar-refractivity contribution in [3.05, 3.63) is 36.4 Å². The zero-order valence-corrected chi connectivity index (χ0v) is 15.8. The summed E-state index contributed by atoms with van der Waals surface area (Å²) in [5.74, 6) is -0.244. The quantitative estimate of drug-likeness (QED) is 0.743. The first-order chi connectivity index (χ1) is 13.2. The zero-order chi connectivity index (χ0) is 18.4. The molecule has 2 amide bonds. The summed E-state index contributed by atoms with van der Waals surface area (Å²) in [6.07, 6.45) is 4.84. The highest BCUT2D eigenvalue weighted by atomic mass is 32.1. The standard InChI is InChI=1S/C21H21N3O2S/c25-18-11-14(12-24(18)15-6-2-3-7-15)20(26)23-21-22-19-16-8-4-1-5-13(16)9-10-17(19)27-21/h1,4-5,8-10,14-15H,2-3,6-7,11-12H2,(H,22,23,26). The molecular formula is C21H21N3O2S. The average molecular weight is 379 g/mol. The molecule has 1 N–H and O–H groups in total. The van der Waals surface area contributed by atoms with Gasteiger partial charge in [0.2, 0.25) is 11.8 Å². The van der Waals surface area contributed by atoms with E-state index in [0.717, 1.165) is 33.8 Å². The number of amides is 2. The fraction of sp³-hybridized carbons (Fsp3) is 0.381. The predicted octanol–water partition coefficient (Wildman–Crippen LogP) is 4.18. The first-order valence-corrected chi connectivity index (χ1v) is 10.4. The third-order valence-corrected chi connectivity index (χ3v) is 6.74. The molecule has 1 atom stereocenters. The maximum absolute atomic E-state index is 12.7. The van der Waals surface area contributed by atoms with Crippen LogP contribution in [-0.4, -0.2) is 34.3 Å². The molecule has 0 radical (unpaired) electrons. The predicted molar refractivity (Wildman–Crippen MR) is 108 cm³/mol. The van der Waals surface area contributed by atoms with Crippen molar-refractivity contribution in [2.24, 2.45) is 5.92 Å². The number of likely N-dealkylation sites (tertiary alicyclic amines) is 1. The van der Waals surface area contributed by atoms with Crippen molar-refractivity contribution >= 4 is 49.3 Å². The van der Waals surface area contributed by atoms with Crippen LogP contribution in [0.15, 0.2) is 36.4 Å². The molecule has 2 aromatic carbocycles. The van der Waals surface area contributed by atoms with Crippen molar-refractivity contribution in [2.45, 2.75) is 38.1 Å². The average Bonchev–Trinajstić information content (AvgIpc) is 3.40. The SMILES string of the molecule is O=C(Nc1nc2c(ccc3ccccc32)s1)C1CC(=O)N(C2CCCC2)C1. The Morgan fingerprint density at radius 1 is 1.15 bits per heavy atom. The van der Waals surface area contributed by atoms with Crippen LogP contribution in [0.3, 0.4) is 0 Å². The van der Waals surface area contributed by atoms with Crippen molar-refractivity contribution in [2.75, 3.05) is 11.9 Å². The topological polar surface area (TPSA) is 62.3 Å². The molecule has 5 rings (SSSR count). The maximum Gasteiger partial charge on any atom is 0.231 e. The van der Waals surface area contributed by atoms with E-state index in [1.165, 1.54) is 24.2 Å². The van der Waals surface area contributed by atoms with Crippen molar-refractivity contribution in [3.63, 3.8) is 0 Å². The number of rotatable bonds is 3. The van der Waals surface area contributed by atoms with Gasteiger partial charge in [-0.2, -0.15) is 0 Å². The van der Waals surface area contributed by atoms with Crippen LogP contribution in [-0.2, 0) is 9.59 Å². The van der Waals surface area contributed by atoms with Gasteiger partial charge in [0.15, 0.2) is 5.13 Å². The molecule has 6 heteroatoms. The van der Waals surface area contributed by atoms with Crippen LogP contribution in [0.25, 0.3) is 21.0 Å². The second-order valence-corrected chi connectivity index (χ2v) is 8.56. The van der Waals surface area contributed by atoms with Crippen LogP contribution in [0.4, 0.5) is 5.13 Å². The Morgan fingerprint density at radius 2 is 1.96 bits per heavy atom. The number of fused-ring (bicyclic) bond motifs is 3. The number of nitrogens with zero attached hydrogens (tertiary/aromatic N) is 2. The zero-order valence-electron chi connectivity index (χ0n) is 15.0. The fourth-order valence-corrected chi connectivity index (χ4v) is 5.28. The molecule has 0 bridgehead atoms. The first kappa shape index (κ1) is 16.7. The van der Waals surface area contributed by atoms with Crippen LogP contribution in [0, 0.1) is 5.92 Å². The van der Waals surface area contributed by atoms with Crippen molar-refractivity contribution in [1.29, 1.82) is 0 Å². The number of hydrogen-bond acceptors (Lipinski definition) is 4. The Bertz CT molecular complexity index is 1040. The molecule has 1 aliphatic heterocycles. The lowest BCUT2D eigenvalue weighted by atomic mass is 10.1. The first-order valence-electron chi connectivity index (χ1n) is 9.57. The normalized spacial score (nSPS) is 20.8. The van der Waals surface area contributed by atoms with Gasteiger partial charge in [-0.05, 0) is 24.3 Å². The highest BCUT2D eigenvalue weighted by Gasteiger charge is 2.38. The number of thiazole rings is 1. The summed E-state index contributed by atoms with van der Waals surface area (Å²) in [5.41, 5.74) is 0.920. The van der Waals surface area contributed by atoms with E-state index in [4.69, 9.17) is 0 Å². The minimum Gasteiger partial charge on any atom is -0.339 e. The maximum atomic E-state index is 12.7. The lowest BCUT2D eigenvalue weighted by Crippen LogP contribution is -2.35. The highest BCUT2D eigenvalue weighted by Crippen LogP contribution is 2.33. The number of carbonyl (C=O) groups excluding carboxylic acids is 2. The number of hydrogen-bond donors (Lipinski definition) is 1. The third kappa shape index (κ3) is 2.98. The molecule has 2 fully saturated rings. The van der Waals surface area contributed by atoms with Crippen LogP contribution in [0.2, 0.25) is 0 Å². The molecule has 2 aliphatic rings. The number of benzene rings is 2. The van der Waals surface area contributed by atoms with Gasteiger partial charge in [-0.15, -0.1) is 0 Å². The van der Waals surface area contributed by atoms with Crippen LogP contribution in [0.1, 0.15) is 32.1 Å². The molecule has 0 spiro atoms. The second-order valence-electron chi connectivity index (χ2n) is 7.53. The molecule has 27 heavy (non-hydrogen) atoms. The Kier molecular flexibility index (Phi) is 4.08. The van der Waals surface area contributed by atoms with Crippen molar-refractivity contribution < 1.29 is 9.59 Å². The lowest BCUT2D eigenvalue weighted by Gasteiger charge is -2.23. The molecular weight excluding hydrogens is 358 g/mol. The van der Waals surface area contributed by atoms with Gasteiger partial charge in [0, 0.05) is 24.4 Å². The van der Waals surface area contributed by atoms with Crippen LogP contribution >= 0.6 is 11.3 Å². The van der Waals surface area contributed by atoms with Gasteiger partial charge >= 0.3 is 0 Å². The van der Waals surface area contributed by atoms with Gasteiger partial charge in [-0.3, -0.25) is 9.59 Å². The molecule has 2 heterocycles. The van der Waals surface area contributed by atoms with Gasteiger partial charge in [-0.1, -0.05) is 54.5 Å². The summed E-state index contributed by atoms with van der Waals surface area (Å²) in [6, 6.07) is 12.6. The summed E-state index contributed by atoms with van der Waals surface area (Å²) in [5, 5.41) is 5.80. The molecule has 1 aromatic heterocycles. The monoisotopic (exact) mass is 379 g/mol. The van der Waals surface area contributed by atoms with Gasteiger partial charge < -0.3 is 10.2 Å². The van der Waals surface area contributed by atoms with E-state index < -0.39 is 0 Å². The number of anilines is 1. The van der Waals surface area contributed by atoms with Gasteiger partial charge in [0.05, 0.1) is 16.1 Å². The summed E-state index contributed by atoms with van der Waals surface area (Å²) in [4.78, 5) is 31.7. The van der Waals surface area contributed by atoms with Gasteiger partial charge in [0.25, 0.3) is 0 Å². The van der Waals surface area contributed by atoms with E-state index >= 15 is 0 Å². The molecule has 3 aromatic rings. The smallest absolute Gasteiger partial charge is 0.231 e. The highest BCUT2D eigenvalue weighted by molar-refractivity contribution is 7.22. The minimum absolute atomic E-state index is 0.0905. The van der Waals surface area contributed by atoms with Gasteiger partial charge in [0.1, 0.15) is 0 Å². The summed E-state index contributed by atoms with van der Waals surface area (Å²) >= 11 is 1.48. The van der Waals surface area contributed by atoms with E-state index in [-0.39, 0.29) is 17.7 Å². The van der Waals surface area contributed by atoms with Crippen LogP contribution < -0.4 is 5.32 Å². The van der Waals surface area contributed by atoms with Crippen molar-refractivity contribution in [1.82, 2.24) is 9.88 Å². The van der Waals surface area contributed by atoms with Crippen LogP contribution in [0.5, 0.6) is 0 Å². The Labute approximate surface area is 161 Å². The van der Waals surface area contributed by atoms with E-state index in [1.54, 1.807) is 0 Å². The number of carbonyl (C=O) groups is 2. The summed E-state index contributed by atoms with van der Waals surface area (Å²) in [6.45, 7) is 0.545. The second kappa shape index (κ2) is 6.60. The summed E-state index contributed by atoms with van der Waals surface area (Å²) < 4.78 is 1.05. The molecule has 1 unspecified atom stereocenters.